The Balaban J connectivity index is 1.46. The monoisotopic (exact) mass is 412 g/mol. The van der Waals surface area contributed by atoms with Gasteiger partial charge in [-0.2, -0.15) is 0 Å². The second kappa shape index (κ2) is 7.46. The van der Waals surface area contributed by atoms with E-state index < -0.39 is 48.4 Å². The predicted octanol–water partition coefficient (Wildman–Crippen LogP) is -0.667. The summed E-state index contributed by atoms with van der Waals surface area (Å²) < 4.78 is 5.34. The number of ether oxygens (including phenoxy) is 1. The van der Waals surface area contributed by atoms with Crippen molar-refractivity contribution in [2.75, 3.05) is 6.54 Å². The Morgan fingerprint density at radius 3 is 2.14 bits per heavy atom. The Bertz CT molecular complexity index is 636. The van der Waals surface area contributed by atoms with Gasteiger partial charge in [0.15, 0.2) is 0 Å². The lowest BCUT2D eigenvalue weighted by molar-refractivity contribution is -0.289. The second-order valence-electron chi connectivity index (χ2n) is 9.82. The highest BCUT2D eigenvalue weighted by molar-refractivity contribution is 5.76. The lowest BCUT2D eigenvalue weighted by Gasteiger charge is -2.57. The van der Waals surface area contributed by atoms with E-state index in [-0.39, 0.29) is 12.1 Å². The standard InChI is InChI=1S/C20H32N2O7/c1-10(23)22-16-14(24)8-20(28,18(26)27)29-17(16)15(25)9-21-19-5-11-2-12(6-19)4-13(3-11)7-19/h11-17,21,24-25,28H,2-9H2,1H3,(H,22,23)(H,26,27). The zero-order valence-electron chi connectivity index (χ0n) is 16.7. The molecule has 9 heteroatoms. The van der Waals surface area contributed by atoms with Crippen molar-refractivity contribution in [2.24, 2.45) is 17.8 Å². The average molecular weight is 412 g/mol. The molecule has 4 aliphatic carbocycles. The molecule has 1 amide bonds. The predicted molar refractivity (Wildman–Crippen MR) is 101 cm³/mol. The molecular weight excluding hydrogens is 380 g/mol. The van der Waals surface area contributed by atoms with Crippen molar-refractivity contribution in [3.05, 3.63) is 0 Å². The minimum atomic E-state index is -2.61. The molecular formula is C20H32N2O7. The van der Waals surface area contributed by atoms with Crippen LogP contribution in [0.3, 0.4) is 0 Å². The zero-order chi connectivity index (χ0) is 21.0. The van der Waals surface area contributed by atoms with E-state index in [4.69, 9.17) is 4.74 Å². The summed E-state index contributed by atoms with van der Waals surface area (Å²) in [5.41, 5.74) is -0.0182. The van der Waals surface area contributed by atoms with Crippen molar-refractivity contribution in [1.29, 1.82) is 0 Å². The molecule has 5 unspecified atom stereocenters. The smallest absolute Gasteiger partial charge is 0.364 e. The molecule has 0 aromatic heterocycles. The number of nitrogens with one attached hydrogen (secondary N) is 2. The number of hydrogen-bond donors (Lipinski definition) is 6. The number of carbonyl (C=O) groups is 2. The lowest BCUT2D eigenvalue weighted by Crippen LogP contribution is -2.67. The molecule has 6 N–H and O–H groups in total. The molecule has 0 aromatic carbocycles. The van der Waals surface area contributed by atoms with E-state index in [2.05, 4.69) is 10.6 Å². The zero-order valence-corrected chi connectivity index (χ0v) is 16.7. The number of hydrogen-bond acceptors (Lipinski definition) is 7. The number of aliphatic carboxylic acids is 1. The number of rotatable bonds is 6. The quantitative estimate of drug-likeness (QED) is 0.337. The summed E-state index contributed by atoms with van der Waals surface area (Å²) in [6.07, 6.45) is 2.67. The lowest BCUT2D eigenvalue weighted by atomic mass is 9.53. The van der Waals surface area contributed by atoms with E-state index in [1.54, 1.807) is 0 Å². The molecule has 5 aliphatic rings. The highest BCUT2D eigenvalue weighted by atomic mass is 16.7. The third kappa shape index (κ3) is 4.03. The minimum absolute atomic E-state index is 0.0182. The first-order valence-electron chi connectivity index (χ1n) is 10.6. The summed E-state index contributed by atoms with van der Waals surface area (Å²) in [4.78, 5) is 23.0. The molecule has 29 heavy (non-hydrogen) atoms. The van der Waals surface area contributed by atoms with Crippen molar-refractivity contribution in [2.45, 2.75) is 87.5 Å². The van der Waals surface area contributed by atoms with Crippen LogP contribution in [0.15, 0.2) is 0 Å². The summed E-state index contributed by atoms with van der Waals surface area (Å²) in [6.45, 7) is 1.40. The van der Waals surface area contributed by atoms with Crippen molar-refractivity contribution in [3.63, 3.8) is 0 Å². The Kier molecular flexibility index (Phi) is 5.40. The van der Waals surface area contributed by atoms with Crippen molar-refractivity contribution >= 4 is 11.9 Å². The number of aliphatic hydroxyl groups excluding tert-OH is 2. The summed E-state index contributed by atoms with van der Waals surface area (Å²) >= 11 is 0. The van der Waals surface area contributed by atoms with Crippen LogP contribution < -0.4 is 10.6 Å². The number of aliphatic hydroxyl groups is 3. The van der Waals surface area contributed by atoms with Gasteiger partial charge in [0, 0.05) is 25.4 Å². The number of carboxylic acids is 1. The Morgan fingerprint density at radius 1 is 1.10 bits per heavy atom. The fraction of sp³-hybridized carbons (Fsp3) is 0.900. The SMILES string of the molecule is CC(=O)NC1C(O)CC(O)(C(=O)O)OC1C(O)CNC12CC3CC(CC(C3)C1)C2. The van der Waals surface area contributed by atoms with Gasteiger partial charge in [0.1, 0.15) is 6.10 Å². The summed E-state index contributed by atoms with van der Waals surface area (Å²) in [5, 5.41) is 46.8. The summed E-state index contributed by atoms with van der Waals surface area (Å²) in [6, 6.07) is -1.01. The van der Waals surface area contributed by atoms with Crippen LogP contribution in [0.25, 0.3) is 0 Å². The molecule has 5 rings (SSSR count). The van der Waals surface area contributed by atoms with Crippen LogP contribution in [0, 0.1) is 17.8 Å². The van der Waals surface area contributed by atoms with Crippen LogP contribution in [0.1, 0.15) is 51.9 Å². The fourth-order valence-corrected chi connectivity index (χ4v) is 6.61. The van der Waals surface area contributed by atoms with E-state index in [9.17, 15) is 30.0 Å². The molecule has 1 heterocycles. The molecule has 164 valence electrons. The Hall–Kier alpha value is -1.26. The van der Waals surface area contributed by atoms with Gasteiger partial charge in [-0.15, -0.1) is 0 Å². The molecule has 0 aromatic rings. The Morgan fingerprint density at radius 2 is 1.66 bits per heavy atom. The van der Waals surface area contributed by atoms with Gasteiger partial charge in [-0.3, -0.25) is 4.79 Å². The van der Waals surface area contributed by atoms with Gasteiger partial charge in [0.25, 0.3) is 5.79 Å². The fourth-order valence-electron chi connectivity index (χ4n) is 6.61. The van der Waals surface area contributed by atoms with Gasteiger partial charge < -0.3 is 35.8 Å². The third-order valence-electron chi connectivity index (χ3n) is 7.39. The number of amides is 1. The first-order valence-corrected chi connectivity index (χ1v) is 10.6. The van der Waals surface area contributed by atoms with Crippen LogP contribution >= 0.6 is 0 Å². The molecule has 5 atom stereocenters. The first-order chi connectivity index (χ1) is 13.6. The average Bonchev–Trinajstić information content (AvgIpc) is 2.60. The maximum Gasteiger partial charge on any atom is 0.364 e. The highest BCUT2D eigenvalue weighted by Gasteiger charge is 2.54. The van der Waals surface area contributed by atoms with E-state index in [1.165, 1.54) is 26.2 Å². The highest BCUT2D eigenvalue weighted by Crippen LogP contribution is 2.55. The Labute approximate surface area is 169 Å². The summed E-state index contributed by atoms with van der Waals surface area (Å²) in [7, 11) is 0. The van der Waals surface area contributed by atoms with Gasteiger partial charge in [0.2, 0.25) is 5.91 Å². The van der Waals surface area contributed by atoms with Gasteiger partial charge in [-0.25, -0.2) is 4.79 Å². The molecule has 5 fully saturated rings. The van der Waals surface area contributed by atoms with E-state index in [0.717, 1.165) is 37.0 Å². The van der Waals surface area contributed by atoms with Crippen LogP contribution in [0.4, 0.5) is 0 Å². The maximum absolute atomic E-state index is 11.6. The molecule has 4 bridgehead atoms. The summed E-state index contributed by atoms with van der Waals surface area (Å²) in [5.74, 6) is -2.51. The maximum atomic E-state index is 11.6. The first kappa shape index (κ1) is 21.0. The van der Waals surface area contributed by atoms with Gasteiger partial charge >= 0.3 is 5.97 Å². The molecule has 0 radical (unpaired) electrons. The minimum Gasteiger partial charge on any atom is -0.477 e. The normalized spacial score (nSPS) is 47.0. The molecule has 1 aliphatic heterocycles. The van der Waals surface area contributed by atoms with E-state index in [1.807, 2.05) is 0 Å². The van der Waals surface area contributed by atoms with Crippen LogP contribution in [0.2, 0.25) is 0 Å². The number of carbonyl (C=O) groups excluding carboxylic acids is 1. The number of carboxylic acid groups (broad SMARTS) is 1. The topological polar surface area (TPSA) is 148 Å². The van der Waals surface area contributed by atoms with Crippen molar-refractivity contribution < 1.29 is 34.8 Å². The third-order valence-corrected chi connectivity index (χ3v) is 7.39. The van der Waals surface area contributed by atoms with Gasteiger partial charge in [-0.1, -0.05) is 0 Å². The van der Waals surface area contributed by atoms with Gasteiger partial charge in [0.05, 0.1) is 18.2 Å². The van der Waals surface area contributed by atoms with E-state index in [0.29, 0.717) is 0 Å². The van der Waals surface area contributed by atoms with Crippen molar-refractivity contribution in [1.82, 2.24) is 10.6 Å². The molecule has 9 nitrogen and oxygen atoms in total. The largest absolute Gasteiger partial charge is 0.477 e. The second-order valence-corrected chi connectivity index (χ2v) is 9.82. The van der Waals surface area contributed by atoms with Crippen LogP contribution in [0.5, 0.6) is 0 Å². The molecule has 0 spiro atoms. The van der Waals surface area contributed by atoms with Crippen molar-refractivity contribution in [3.8, 4) is 0 Å². The van der Waals surface area contributed by atoms with Gasteiger partial charge in [-0.05, 0) is 56.3 Å². The molecule has 1 saturated heterocycles. The van der Waals surface area contributed by atoms with Crippen LogP contribution in [-0.4, -0.2) is 74.5 Å². The van der Waals surface area contributed by atoms with Crippen LogP contribution in [-0.2, 0) is 14.3 Å². The van der Waals surface area contributed by atoms with E-state index >= 15 is 0 Å². The number of β-amino-alcohol motifs (C(OH)–C–C–N with tert-alkyl or cyclic N) is 1. The molecule has 4 saturated carbocycles.